The van der Waals surface area contributed by atoms with Gasteiger partial charge in [0.05, 0.1) is 11.9 Å². The average molecular weight is 376 g/mol. The highest BCUT2D eigenvalue weighted by Gasteiger charge is 2.11. The summed E-state index contributed by atoms with van der Waals surface area (Å²) < 4.78 is 7.54. The molecule has 1 N–H and O–H groups in total. The van der Waals surface area contributed by atoms with E-state index < -0.39 is 6.10 Å². The average Bonchev–Trinajstić information content (AvgIpc) is 2.56. The molecule has 1 aromatic heterocycles. The van der Waals surface area contributed by atoms with Crippen molar-refractivity contribution in [1.82, 2.24) is 15.0 Å². The third kappa shape index (κ3) is 3.75. The first kappa shape index (κ1) is 15.6. The van der Waals surface area contributed by atoms with Gasteiger partial charge in [0.15, 0.2) is 0 Å². The van der Waals surface area contributed by atoms with Gasteiger partial charge in [0.2, 0.25) is 0 Å². The number of hydrogen-bond acceptors (Lipinski definition) is 5. The largest absolute Gasteiger partial charge is 0.491 e. The van der Waals surface area contributed by atoms with E-state index in [-0.39, 0.29) is 18.7 Å². The van der Waals surface area contributed by atoms with E-state index in [2.05, 4.69) is 26.2 Å². The first-order valence-corrected chi connectivity index (χ1v) is 7.82. The zero-order valence-corrected chi connectivity index (χ0v) is 13.7. The Bertz CT molecular complexity index is 882. The summed E-state index contributed by atoms with van der Waals surface area (Å²) in [5.41, 5.74) is 0.255. The molecule has 0 radical (unpaired) electrons. The summed E-state index contributed by atoms with van der Waals surface area (Å²) >= 11 is 3.35. The van der Waals surface area contributed by atoms with E-state index in [0.29, 0.717) is 16.7 Å². The molecule has 0 aliphatic rings. The van der Waals surface area contributed by atoms with Gasteiger partial charge in [-0.25, -0.2) is 4.68 Å². The third-order valence-corrected chi connectivity index (χ3v) is 3.74. The molecule has 6 nitrogen and oxygen atoms in total. The second-order valence-corrected chi connectivity index (χ2v) is 5.93. The lowest BCUT2D eigenvalue weighted by Crippen LogP contribution is -2.32. The highest BCUT2D eigenvalue weighted by molar-refractivity contribution is 9.10. The molecule has 0 saturated heterocycles. The van der Waals surface area contributed by atoms with Crippen molar-refractivity contribution in [3.05, 3.63) is 63.4 Å². The normalized spacial score (nSPS) is 12.3. The lowest BCUT2D eigenvalue weighted by molar-refractivity contribution is 0.0873. The Hall–Kier alpha value is -2.25. The lowest BCUT2D eigenvalue weighted by Gasteiger charge is -2.13. The van der Waals surface area contributed by atoms with Gasteiger partial charge in [-0.1, -0.05) is 39.3 Å². The predicted molar refractivity (Wildman–Crippen MR) is 89.4 cm³/mol. The summed E-state index contributed by atoms with van der Waals surface area (Å²) in [5, 5.41) is 18.4. The van der Waals surface area contributed by atoms with Crippen molar-refractivity contribution in [3.8, 4) is 5.75 Å². The van der Waals surface area contributed by atoms with E-state index >= 15 is 0 Å². The van der Waals surface area contributed by atoms with Gasteiger partial charge < -0.3 is 9.84 Å². The summed E-state index contributed by atoms with van der Waals surface area (Å²) in [6.07, 6.45) is -0.873. The molecule has 3 rings (SSSR count). The summed E-state index contributed by atoms with van der Waals surface area (Å²) in [6, 6.07) is 14.3. The molecular weight excluding hydrogens is 362 g/mol. The van der Waals surface area contributed by atoms with Gasteiger partial charge in [-0.2, -0.15) is 0 Å². The molecule has 3 aromatic rings. The van der Waals surface area contributed by atoms with E-state index in [1.807, 2.05) is 12.1 Å². The molecule has 2 aromatic carbocycles. The minimum Gasteiger partial charge on any atom is -0.491 e. The van der Waals surface area contributed by atoms with Crippen LogP contribution in [-0.2, 0) is 6.54 Å². The van der Waals surface area contributed by atoms with Crippen LogP contribution in [0.3, 0.4) is 0 Å². The maximum absolute atomic E-state index is 12.3. The number of aromatic nitrogens is 3. The Morgan fingerprint density at radius 1 is 1.22 bits per heavy atom. The lowest BCUT2D eigenvalue weighted by atomic mass is 10.2. The van der Waals surface area contributed by atoms with Crippen molar-refractivity contribution in [1.29, 1.82) is 0 Å². The van der Waals surface area contributed by atoms with E-state index in [1.54, 1.807) is 36.4 Å². The second kappa shape index (κ2) is 6.89. The third-order valence-electron chi connectivity index (χ3n) is 3.25. The van der Waals surface area contributed by atoms with Crippen LogP contribution in [0.25, 0.3) is 10.9 Å². The van der Waals surface area contributed by atoms with Gasteiger partial charge in [0.25, 0.3) is 5.56 Å². The van der Waals surface area contributed by atoms with E-state index in [0.717, 1.165) is 9.15 Å². The molecule has 1 atom stereocenters. The van der Waals surface area contributed by atoms with Crippen molar-refractivity contribution >= 4 is 26.8 Å². The molecule has 0 unspecified atom stereocenters. The fraction of sp³-hybridized carbons (Fsp3) is 0.188. The van der Waals surface area contributed by atoms with Crippen molar-refractivity contribution in [3.63, 3.8) is 0 Å². The number of halogens is 1. The number of aliphatic hydroxyl groups excluding tert-OH is 1. The fourth-order valence-corrected chi connectivity index (χ4v) is 2.52. The molecule has 0 saturated carbocycles. The first-order valence-electron chi connectivity index (χ1n) is 7.02. The zero-order valence-electron chi connectivity index (χ0n) is 12.1. The van der Waals surface area contributed by atoms with Crippen LogP contribution in [0.2, 0.25) is 0 Å². The summed E-state index contributed by atoms with van der Waals surface area (Å²) in [7, 11) is 0. The van der Waals surface area contributed by atoms with Gasteiger partial charge in [-0.15, -0.1) is 5.10 Å². The Morgan fingerprint density at radius 2 is 2.04 bits per heavy atom. The molecule has 0 bridgehead atoms. The summed E-state index contributed by atoms with van der Waals surface area (Å²) in [4.78, 5) is 12.3. The molecule has 1 heterocycles. The molecule has 23 heavy (non-hydrogen) atoms. The number of fused-ring (bicyclic) bond motifs is 1. The zero-order chi connectivity index (χ0) is 16.2. The predicted octanol–water partition coefficient (Wildman–Crippen LogP) is 1.99. The fourth-order valence-electron chi connectivity index (χ4n) is 2.14. The molecule has 118 valence electrons. The SMILES string of the molecule is O=c1c2ccccc2nnn1C[C@H](O)COc1cccc(Br)c1. The van der Waals surface area contributed by atoms with Crippen LogP contribution in [0.4, 0.5) is 0 Å². The summed E-state index contributed by atoms with van der Waals surface area (Å²) in [6.45, 7) is 0.0715. The van der Waals surface area contributed by atoms with E-state index in [4.69, 9.17) is 4.74 Å². The molecule has 0 amide bonds. The molecule has 7 heteroatoms. The minimum atomic E-state index is -0.873. The van der Waals surface area contributed by atoms with Gasteiger partial charge in [0, 0.05) is 4.47 Å². The van der Waals surface area contributed by atoms with Gasteiger partial charge in [-0.05, 0) is 30.3 Å². The van der Waals surface area contributed by atoms with Gasteiger partial charge >= 0.3 is 0 Å². The maximum atomic E-state index is 12.3. The molecule has 0 aliphatic carbocycles. The van der Waals surface area contributed by atoms with Crippen LogP contribution < -0.4 is 10.3 Å². The van der Waals surface area contributed by atoms with Crippen molar-refractivity contribution in [2.45, 2.75) is 12.6 Å². The highest BCUT2D eigenvalue weighted by atomic mass is 79.9. The number of hydrogen-bond donors (Lipinski definition) is 1. The number of aliphatic hydroxyl groups is 1. The summed E-state index contributed by atoms with van der Waals surface area (Å²) in [5.74, 6) is 0.635. The van der Waals surface area contributed by atoms with Crippen LogP contribution in [-0.4, -0.2) is 32.8 Å². The van der Waals surface area contributed by atoms with E-state index in [1.165, 1.54) is 0 Å². The molecule has 0 aliphatic heterocycles. The molecular formula is C16H14BrN3O3. The monoisotopic (exact) mass is 375 g/mol. The van der Waals surface area contributed by atoms with E-state index in [9.17, 15) is 9.90 Å². The maximum Gasteiger partial charge on any atom is 0.277 e. The highest BCUT2D eigenvalue weighted by Crippen LogP contribution is 2.17. The van der Waals surface area contributed by atoms with Gasteiger partial charge in [0.1, 0.15) is 24.0 Å². The second-order valence-electron chi connectivity index (χ2n) is 5.02. The van der Waals surface area contributed by atoms with Crippen LogP contribution in [0, 0.1) is 0 Å². The van der Waals surface area contributed by atoms with Crippen LogP contribution >= 0.6 is 15.9 Å². The topological polar surface area (TPSA) is 77.2 Å². The number of benzene rings is 2. The molecule has 0 fully saturated rings. The van der Waals surface area contributed by atoms with Crippen LogP contribution in [0.5, 0.6) is 5.75 Å². The quantitative estimate of drug-likeness (QED) is 0.737. The van der Waals surface area contributed by atoms with Crippen LogP contribution in [0.15, 0.2) is 57.8 Å². The number of nitrogens with zero attached hydrogens (tertiary/aromatic N) is 3. The number of rotatable bonds is 5. The van der Waals surface area contributed by atoms with Crippen molar-refractivity contribution in [2.24, 2.45) is 0 Å². The molecule has 0 spiro atoms. The van der Waals surface area contributed by atoms with Crippen molar-refractivity contribution < 1.29 is 9.84 Å². The van der Waals surface area contributed by atoms with Crippen LogP contribution in [0.1, 0.15) is 0 Å². The number of ether oxygens (including phenoxy) is 1. The Morgan fingerprint density at radius 3 is 2.87 bits per heavy atom. The minimum absolute atomic E-state index is 0.0185. The Balaban J connectivity index is 1.69. The smallest absolute Gasteiger partial charge is 0.277 e. The Kier molecular flexibility index (Phi) is 4.68. The van der Waals surface area contributed by atoms with Crippen molar-refractivity contribution in [2.75, 3.05) is 6.61 Å². The Labute approximate surface area is 140 Å². The standard InChI is InChI=1S/C16H14BrN3O3/c17-11-4-3-5-13(8-11)23-10-12(21)9-20-16(22)14-6-1-2-7-15(14)18-19-20/h1-8,12,21H,9-10H2/t12-/m0/s1. The van der Waals surface area contributed by atoms with Gasteiger partial charge in [-0.3, -0.25) is 4.79 Å². The first-order chi connectivity index (χ1) is 11.1.